The van der Waals surface area contributed by atoms with Crippen molar-refractivity contribution in [2.45, 2.75) is 135 Å². The highest BCUT2D eigenvalue weighted by atomic mass is 32.2. The van der Waals surface area contributed by atoms with Crippen molar-refractivity contribution in [2.75, 3.05) is 107 Å². The third-order valence-corrected chi connectivity index (χ3v) is 19.7. The van der Waals surface area contributed by atoms with Crippen LogP contribution in [0.5, 0.6) is 34.5 Å². The van der Waals surface area contributed by atoms with Gasteiger partial charge >= 0.3 is 18.2 Å². The summed E-state index contributed by atoms with van der Waals surface area (Å²) >= 11 is 0. The fourth-order valence-corrected chi connectivity index (χ4v) is 14.5. The van der Waals surface area contributed by atoms with Gasteiger partial charge in [-0.15, -0.1) is 0 Å². The van der Waals surface area contributed by atoms with E-state index in [4.69, 9.17) is 67.4 Å². The van der Waals surface area contributed by atoms with Gasteiger partial charge in [0.15, 0.2) is 35.6 Å². The van der Waals surface area contributed by atoms with Crippen molar-refractivity contribution in [3.05, 3.63) is 96.1 Å². The maximum atomic E-state index is 13.9. The fourth-order valence-electron chi connectivity index (χ4n) is 11.3. The molecule has 99 heavy (non-hydrogen) atoms. The Balaban J connectivity index is 0.000000330. The molecule has 4 saturated heterocycles. The molecule has 552 valence electrons. The van der Waals surface area contributed by atoms with E-state index < -0.39 is 75.0 Å². The number of sulfonamides is 2. The smallest absolute Gasteiger partial charge is 0.407 e. The van der Waals surface area contributed by atoms with Crippen LogP contribution in [0.3, 0.4) is 0 Å². The first-order chi connectivity index (χ1) is 46.1. The van der Waals surface area contributed by atoms with Crippen LogP contribution < -0.4 is 55.4 Å². The summed E-state index contributed by atoms with van der Waals surface area (Å²) in [4.78, 5) is 49.5. The zero-order valence-corrected chi connectivity index (χ0v) is 56.2. The second-order valence-corrected chi connectivity index (χ2v) is 27.9. The Bertz CT molecular complexity index is 3460. The Morgan fingerprint density at radius 1 is 0.616 bits per heavy atom. The second-order valence-electron chi connectivity index (χ2n) is 24.0. The molecule has 4 aromatic carbocycles. The maximum absolute atomic E-state index is 13.9. The second kappa shape index (κ2) is 39.4. The average Bonchev–Trinajstić information content (AvgIpc) is 1.77. The first kappa shape index (κ1) is 82.1. The largest absolute Gasteiger partial charge is 0.492 e. The molecule has 0 radical (unpaired) electrons. The molecule has 10 rings (SSSR count). The van der Waals surface area contributed by atoms with Crippen LogP contribution in [0.15, 0.2) is 99.7 Å². The summed E-state index contributed by atoms with van der Waals surface area (Å²) in [6, 6.07) is 20.9. The molecule has 0 bridgehead atoms. The van der Waals surface area contributed by atoms with Crippen LogP contribution in [-0.4, -0.2) is 216 Å². The molecular formula is C67H100N8O22S2. The van der Waals surface area contributed by atoms with Crippen LogP contribution >= 0.6 is 0 Å². The van der Waals surface area contributed by atoms with Crippen LogP contribution in [0.2, 0.25) is 0 Å². The van der Waals surface area contributed by atoms with Gasteiger partial charge < -0.3 is 94.1 Å². The van der Waals surface area contributed by atoms with E-state index in [1.807, 2.05) is 39.8 Å². The van der Waals surface area contributed by atoms with Gasteiger partial charge in [0.2, 0.25) is 39.7 Å². The van der Waals surface area contributed by atoms with E-state index in [0.717, 1.165) is 17.5 Å². The lowest BCUT2D eigenvalue weighted by molar-refractivity contribution is -0.0909. The van der Waals surface area contributed by atoms with Crippen LogP contribution in [-0.2, 0) is 66.1 Å². The number of amides is 4. The quantitative estimate of drug-likeness (QED) is 0.0199. The number of rotatable bonds is 29. The van der Waals surface area contributed by atoms with Gasteiger partial charge in [-0.25, -0.2) is 41.0 Å². The number of nitrogens with one attached hydrogen (secondary N) is 4. The number of alkyl carbamates (subject to hydrolysis) is 2. The Morgan fingerprint density at radius 3 is 1.40 bits per heavy atom. The number of aliphatic hydroxyl groups is 2. The first-order valence-corrected chi connectivity index (χ1v) is 34.6. The summed E-state index contributed by atoms with van der Waals surface area (Å²) < 4.78 is 124. The van der Waals surface area contributed by atoms with Gasteiger partial charge in [-0.05, 0) is 97.2 Å². The first-order valence-electron chi connectivity index (χ1n) is 31.7. The Hall–Kier alpha value is -7.59. The molecule has 32 heteroatoms. The molecule has 6 aliphatic rings. The van der Waals surface area contributed by atoms with Gasteiger partial charge in [-0.3, -0.25) is 0 Å². The van der Waals surface area contributed by atoms with E-state index in [0.29, 0.717) is 73.8 Å². The van der Waals surface area contributed by atoms with Crippen LogP contribution in [0, 0.1) is 23.7 Å². The van der Waals surface area contributed by atoms with E-state index >= 15 is 0 Å². The molecule has 10 atom stereocenters. The minimum absolute atomic E-state index is 0. The zero-order valence-electron chi connectivity index (χ0n) is 54.5. The minimum Gasteiger partial charge on any atom is -0.492 e. The number of aliphatic imine (C=N–C) groups is 1. The fraction of sp³-hybridized carbons (Fsp3) is 0.582. The van der Waals surface area contributed by atoms with Crippen molar-refractivity contribution >= 4 is 44.3 Å². The van der Waals surface area contributed by atoms with E-state index in [-0.39, 0.29) is 140 Å². The van der Waals surface area contributed by atoms with Gasteiger partial charge in [-0.1, -0.05) is 74.2 Å². The topological polar surface area (TPSA) is 381 Å². The van der Waals surface area contributed by atoms with Crippen molar-refractivity contribution in [3.63, 3.8) is 0 Å². The molecule has 30 nitrogen and oxygen atoms in total. The Labute approximate surface area is 580 Å². The van der Waals surface area contributed by atoms with Gasteiger partial charge in [0.25, 0.3) is 0 Å². The van der Waals surface area contributed by atoms with Crippen LogP contribution in [0.25, 0.3) is 0 Å². The van der Waals surface area contributed by atoms with Crippen LogP contribution in [0.4, 0.5) is 14.4 Å². The normalized spacial score (nSPS) is 20.3. The molecule has 6 aliphatic heterocycles. The lowest BCUT2D eigenvalue weighted by atomic mass is 10.0. The highest BCUT2D eigenvalue weighted by Gasteiger charge is 2.46. The summed E-state index contributed by atoms with van der Waals surface area (Å²) in [6.07, 6.45) is -2.80. The lowest BCUT2D eigenvalue weighted by Gasteiger charge is -2.31. The number of hydrogen-bond donors (Lipinski definition) is 7. The monoisotopic (exact) mass is 1430 g/mol. The average molecular weight is 1430 g/mol. The predicted molar refractivity (Wildman–Crippen MR) is 363 cm³/mol. The third kappa shape index (κ3) is 23.2. The number of carbonyl (C=O) groups is 3. The molecule has 0 unspecified atom stereocenters. The molecule has 4 amide bonds. The highest BCUT2D eigenvalue weighted by molar-refractivity contribution is 7.89. The third-order valence-electron chi connectivity index (χ3n) is 16.0. The molecule has 0 aliphatic carbocycles. The number of nitrogens with two attached hydrogens (primary N) is 1. The molecule has 8 N–H and O–H groups in total. The van der Waals surface area contributed by atoms with Gasteiger partial charge in [0, 0.05) is 59.0 Å². The van der Waals surface area contributed by atoms with Gasteiger partial charge in [0.1, 0.15) is 36.9 Å². The van der Waals surface area contributed by atoms with E-state index in [2.05, 4.69) is 26.3 Å². The number of hydrogen-bond acceptors (Lipinski definition) is 24. The Morgan fingerprint density at radius 2 is 1.02 bits per heavy atom. The van der Waals surface area contributed by atoms with E-state index in [1.54, 1.807) is 42.5 Å². The van der Waals surface area contributed by atoms with Gasteiger partial charge in [0.05, 0.1) is 78.9 Å². The predicted octanol–water partition coefficient (Wildman–Crippen LogP) is 5.55. The SMILES string of the molecule is C.C.C.CC(C)CN(C[C@@H](O)[C@H](Cc1ccc(OCCN)cc1)NC(=O)O[C@@H]1CO[C@H]2OCC[C@H]21)S(=O)(=O)c1ccc2c(c1)OCO2.CN=C=O.CNC(=O)NCCOc1ccc(C[C@H](NC(=O)O[C@@H]2CO[C@H]3OCC[C@H]32)[C@H](O)CN(CC(C)C)S(=O)(=O)c2ccc3c(c2)OCO3)cc1. The number of aliphatic hydroxyl groups excluding tert-OH is 2. The van der Waals surface area contributed by atoms with Crippen molar-refractivity contribution in [3.8, 4) is 34.5 Å². The number of carbonyl (C=O) groups excluding carboxylic acids is 4. The summed E-state index contributed by atoms with van der Waals surface area (Å²) in [7, 11) is -5.23. The van der Waals surface area contributed by atoms with Crippen molar-refractivity contribution in [1.82, 2.24) is 29.9 Å². The summed E-state index contributed by atoms with van der Waals surface area (Å²) in [6.45, 7) is 10.0. The molecule has 0 saturated carbocycles. The summed E-state index contributed by atoms with van der Waals surface area (Å²) in [5.41, 5.74) is 7.06. The van der Waals surface area contributed by atoms with Crippen molar-refractivity contribution in [1.29, 1.82) is 0 Å². The highest BCUT2D eigenvalue weighted by Crippen LogP contribution is 2.38. The number of ether oxygens (including phenoxy) is 12. The molecule has 0 aromatic heterocycles. The Kier molecular flexibility index (Phi) is 32.7. The number of urea groups is 1. The molecule has 4 fully saturated rings. The van der Waals surface area contributed by atoms with E-state index in [1.165, 1.54) is 59.1 Å². The number of benzene rings is 4. The van der Waals surface area contributed by atoms with Crippen molar-refractivity contribution < 1.29 is 103 Å². The van der Waals surface area contributed by atoms with Gasteiger partial charge in [-0.2, -0.15) is 8.61 Å². The minimum atomic E-state index is -4.08. The molecular weight excluding hydrogens is 1330 g/mol. The zero-order chi connectivity index (χ0) is 68.9. The summed E-state index contributed by atoms with van der Waals surface area (Å²) in [5, 5.41) is 33.8. The standard InChI is InChI=1S/C32H44N4O11S.C30H41N3O10S.C2H3NO.3CH4/c1-20(2)16-36(48(40,41)23-8-9-27-28(15-23)46-19-45-27)17-26(37)25(35-32(39)47-29-18-44-30-24(29)10-12-43-30)14-21-4-6-22(7-5-21)42-13-11-34-31(38)33-3;1-19(2)15-33(44(36,37)22-7-8-26-27(14-22)42-18-41-26)16-25(34)24(13-20-3-5-21(6-4-20)38-12-10-31)32-30(35)43-28-17-40-29-23(28)9-11-39-29;1-3-2-4;;;/h4-9,15,20,24-26,29-30,37H,10-14,16-19H2,1-3H3,(H,35,39)(H2,33,34,38);3-8,14,19,23-25,28-29,34H,9-13,15-18,31H2,1-2H3,(H,32,35);1H3;3*1H4/t24-,25-,26+,29+,30+;23-,24-,25+,28+,29+;;;;/m00..../s1. The molecule has 0 spiro atoms. The lowest BCUT2D eigenvalue weighted by Crippen LogP contribution is -2.51. The number of fused-ring (bicyclic) bond motifs is 4. The van der Waals surface area contributed by atoms with Crippen molar-refractivity contribution in [2.24, 2.45) is 34.4 Å². The molecule has 4 aromatic rings. The van der Waals surface area contributed by atoms with Crippen LogP contribution in [0.1, 0.15) is 73.9 Å². The maximum Gasteiger partial charge on any atom is 0.407 e. The number of nitrogens with zero attached hydrogens (tertiary/aromatic N) is 3. The summed E-state index contributed by atoms with van der Waals surface area (Å²) in [5.74, 6) is 2.52. The van der Waals surface area contributed by atoms with E-state index in [9.17, 15) is 41.4 Å². The number of isocyanates is 1. The molecule has 6 heterocycles.